The topological polar surface area (TPSA) is 17.1 Å². The molecule has 0 radical (unpaired) electrons. The first-order valence-corrected chi connectivity index (χ1v) is 7.61. The minimum atomic E-state index is -0.814. The Bertz CT molecular complexity index is 721. The van der Waals surface area contributed by atoms with Crippen molar-refractivity contribution in [3.63, 3.8) is 0 Å². The average molecular weight is 300 g/mol. The van der Waals surface area contributed by atoms with Crippen molar-refractivity contribution < 1.29 is 13.6 Å². The van der Waals surface area contributed by atoms with Gasteiger partial charge in [0.05, 0.1) is 0 Å². The van der Waals surface area contributed by atoms with Crippen LogP contribution in [0.5, 0.6) is 0 Å². The van der Waals surface area contributed by atoms with Crippen LogP contribution in [0.4, 0.5) is 8.78 Å². The zero-order valence-corrected chi connectivity index (χ0v) is 12.5. The third-order valence-corrected chi connectivity index (χ3v) is 4.44. The van der Waals surface area contributed by atoms with Gasteiger partial charge in [0.15, 0.2) is 11.6 Å². The number of carbonyl (C=O) groups excluding carboxylic acids is 1. The van der Waals surface area contributed by atoms with Gasteiger partial charge in [-0.3, -0.25) is 0 Å². The number of halogens is 2. The zero-order chi connectivity index (χ0) is 15.7. The largest absolute Gasteiger partial charge is 0.300 e. The van der Waals surface area contributed by atoms with Gasteiger partial charge in [0, 0.05) is 12.3 Å². The van der Waals surface area contributed by atoms with Crippen molar-refractivity contribution in [2.45, 2.75) is 38.5 Å². The van der Waals surface area contributed by atoms with Gasteiger partial charge in [0.25, 0.3) is 0 Å². The van der Waals surface area contributed by atoms with E-state index in [0.717, 1.165) is 23.1 Å². The van der Waals surface area contributed by atoms with Crippen LogP contribution < -0.4 is 0 Å². The maximum absolute atomic E-state index is 13.7. The molecule has 0 fully saturated rings. The average Bonchev–Trinajstić information content (AvgIpc) is 2.63. The summed E-state index contributed by atoms with van der Waals surface area (Å²) in [6.07, 6.45) is 2.58. The molecule has 2 aromatic carbocycles. The van der Waals surface area contributed by atoms with Crippen molar-refractivity contribution in [3.05, 3.63) is 70.3 Å². The molecule has 0 saturated carbocycles. The van der Waals surface area contributed by atoms with Crippen molar-refractivity contribution >= 4 is 5.78 Å². The Balaban J connectivity index is 2.12. The van der Waals surface area contributed by atoms with E-state index in [1.807, 2.05) is 18.2 Å². The molecule has 0 aliphatic heterocycles. The predicted octanol–water partition coefficient (Wildman–Crippen LogP) is 4.56. The predicted molar refractivity (Wildman–Crippen MR) is 82.0 cm³/mol. The summed E-state index contributed by atoms with van der Waals surface area (Å²) in [5.74, 6) is -1.54. The van der Waals surface area contributed by atoms with Crippen molar-refractivity contribution in [1.29, 1.82) is 0 Å². The highest BCUT2D eigenvalue weighted by molar-refractivity contribution is 5.75. The lowest BCUT2D eigenvalue weighted by atomic mass is 9.84. The van der Waals surface area contributed by atoms with Crippen LogP contribution in [0.25, 0.3) is 0 Å². The van der Waals surface area contributed by atoms with Crippen molar-refractivity contribution in [2.75, 3.05) is 0 Å². The molecule has 114 valence electrons. The highest BCUT2D eigenvalue weighted by atomic mass is 19.2. The van der Waals surface area contributed by atoms with Gasteiger partial charge in [-0.05, 0) is 60.6 Å². The van der Waals surface area contributed by atoms with Crippen molar-refractivity contribution in [2.24, 2.45) is 0 Å². The first-order chi connectivity index (χ1) is 10.6. The minimum Gasteiger partial charge on any atom is -0.300 e. The fraction of sp³-hybridized carbons (Fsp3) is 0.316. The maximum atomic E-state index is 13.7. The highest BCUT2D eigenvalue weighted by Gasteiger charge is 2.25. The number of hydrogen-bond acceptors (Lipinski definition) is 1. The van der Waals surface area contributed by atoms with E-state index in [0.29, 0.717) is 19.3 Å². The van der Waals surface area contributed by atoms with Gasteiger partial charge in [0.1, 0.15) is 5.78 Å². The van der Waals surface area contributed by atoms with E-state index in [-0.39, 0.29) is 11.7 Å². The number of benzene rings is 2. The molecule has 0 aromatic heterocycles. The van der Waals surface area contributed by atoms with Crippen LogP contribution in [-0.4, -0.2) is 5.78 Å². The zero-order valence-electron chi connectivity index (χ0n) is 12.5. The Morgan fingerprint density at radius 1 is 1.05 bits per heavy atom. The monoisotopic (exact) mass is 300 g/mol. The SMILES string of the molecule is CC(=O)CCC1c2ccccc2CCc2cc(F)c(F)cc21. The van der Waals surface area contributed by atoms with Crippen LogP contribution in [0.2, 0.25) is 0 Å². The molecule has 3 heteroatoms. The first kappa shape index (κ1) is 14.9. The lowest BCUT2D eigenvalue weighted by Gasteiger charge is -2.20. The Labute approximate surface area is 129 Å². The third kappa shape index (κ3) is 2.80. The van der Waals surface area contributed by atoms with Gasteiger partial charge >= 0.3 is 0 Å². The Morgan fingerprint density at radius 3 is 2.50 bits per heavy atom. The van der Waals surface area contributed by atoms with E-state index in [9.17, 15) is 13.6 Å². The molecule has 0 saturated heterocycles. The molecule has 0 N–H and O–H groups in total. The fourth-order valence-corrected chi connectivity index (χ4v) is 3.34. The molecule has 0 heterocycles. The van der Waals surface area contributed by atoms with Crippen molar-refractivity contribution in [1.82, 2.24) is 0 Å². The summed E-state index contributed by atoms with van der Waals surface area (Å²) in [4.78, 5) is 11.4. The van der Waals surface area contributed by atoms with Gasteiger partial charge in [-0.25, -0.2) is 8.78 Å². The van der Waals surface area contributed by atoms with Crippen LogP contribution >= 0.6 is 0 Å². The number of hydrogen-bond donors (Lipinski definition) is 0. The van der Waals surface area contributed by atoms with Gasteiger partial charge in [-0.2, -0.15) is 0 Å². The van der Waals surface area contributed by atoms with Crippen LogP contribution in [0.3, 0.4) is 0 Å². The van der Waals surface area contributed by atoms with E-state index in [1.165, 1.54) is 17.7 Å². The van der Waals surface area contributed by atoms with Gasteiger partial charge in [-0.1, -0.05) is 24.3 Å². The number of carbonyl (C=O) groups is 1. The molecule has 0 amide bonds. The number of aryl methyl sites for hydroxylation is 2. The minimum absolute atomic E-state index is 0.0484. The van der Waals surface area contributed by atoms with E-state index in [1.54, 1.807) is 6.92 Å². The van der Waals surface area contributed by atoms with Crippen LogP contribution in [0.1, 0.15) is 47.9 Å². The van der Waals surface area contributed by atoms with Gasteiger partial charge < -0.3 is 4.79 Å². The smallest absolute Gasteiger partial charge is 0.159 e. The Morgan fingerprint density at radius 2 is 1.73 bits per heavy atom. The lowest BCUT2D eigenvalue weighted by Crippen LogP contribution is -2.07. The molecule has 3 rings (SSSR count). The standard InChI is InChI=1S/C19H18F2O/c1-12(22)6-9-16-15-5-3-2-4-13(15)7-8-14-10-18(20)19(21)11-17(14)16/h2-5,10-11,16H,6-9H2,1H3. The van der Waals surface area contributed by atoms with E-state index >= 15 is 0 Å². The Kier molecular flexibility index (Phi) is 4.06. The molecular formula is C19H18F2O. The number of fused-ring (bicyclic) bond motifs is 2. The molecule has 1 aliphatic rings. The second-order valence-electron chi connectivity index (χ2n) is 5.96. The molecule has 2 aromatic rings. The number of ketones is 1. The summed E-state index contributed by atoms with van der Waals surface area (Å²) in [6, 6.07) is 10.7. The first-order valence-electron chi connectivity index (χ1n) is 7.61. The number of Topliss-reactive ketones (excluding diaryl/α,β-unsaturated/α-hetero) is 1. The van der Waals surface area contributed by atoms with E-state index in [2.05, 4.69) is 6.07 Å². The summed E-state index contributed by atoms with van der Waals surface area (Å²) in [6.45, 7) is 1.56. The second kappa shape index (κ2) is 5.99. The summed E-state index contributed by atoms with van der Waals surface area (Å²) in [5, 5.41) is 0. The molecular weight excluding hydrogens is 282 g/mol. The van der Waals surface area contributed by atoms with E-state index in [4.69, 9.17) is 0 Å². The summed E-state index contributed by atoms with van der Waals surface area (Å²) in [7, 11) is 0. The third-order valence-electron chi connectivity index (χ3n) is 4.44. The quantitative estimate of drug-likeness (QED) is 0.812. The number of rotatable bonds is 3. The van der Waals surface area contributed by atoms with Crippen LogP contribution in [0, 0.1) is 11.6 Å². The highest BCUT2D eigenvalue weighted by Crippen LogP contribution is 2.38. The second-order valence-corrected chi connectivity index (χ2v) is 5.96. The fourth-order valence-electron chi connectivity index (χ4n) is 3.34. The van der Waals surface area contributed by atoms with Gasteiger partial charge in [0.2, 0.25) is 0 Å². The molecule has 22 heavy (non-hydrogen) atoms. The molecule has 0 spiro atoms. The molecule has 1 atom stereocenters. The lowest BCUT2D eigenvalue weighted by molar-refractivity contribution is -0.117. The summed E-state index contributed by atoms with van der Waals surface area (Å²) < 4.78 is 27.3. The molecule has 1 unspecified atom stereocenters. The van der Waals surface area contributed by atoms with E-state index < -0.39 is 11.6 Å². The molecule has 0 bridgehead atoms. The van der Waals surface area contributed by atoms with Crippen LogP contribution in [0.15, 0.2) is 36.4 Å². The van der Waals surface area contributed by atoms with Crippen LogP contribution in [-0.2, 0) is 17.6 Å². The molecule has 1 nitrogen and oxygen atoms in total. The van der Waals surface area contributed by atoms with Gasteiger partial charge in [-0.15, -0.1) is 0 Å². The summed E-state index contributed by atoms with van der Waals surface area (Å²) >= 11 is 0. The normalized spacial score (nSPS) is 16.6. The molecule has 1 aliphatic carbocycles. The maximum Gasteiger partial charge on any atom is 0.159 e. The van der Waals surface area contributed by atoms with Crippen molar-refractivity contribution in [3.8, 4) is 0 Å². The Hall–Kier alpha value is -2.03. The summed E-state index contributed by atoms with van der Waals surface area (Å²) in [5.41, 5.74) is 4.01.